The van der Waals surface area contributed by atoms with Crippen LogP contribution < -0.4 is 14.9 Å². The molecular formula is C14H10BrN3O4. The van der Waals surface area contributed by atoms with Crippen molar-refractivity contribution in [3.63, 3.8) is 0 Å². The third kappa shape index (κ3) is 2.86. The molecular weight excluding hydrogens is 354 g/mol. The first-order valence-corrected chi connectivity index (χ1v) is 7.06. The van der Waals surface area contributed by atoms with Crippen LogP contribution in [-0.2, 0) is 0 Å². The molecule has 112 valence electrons. The zero-order valence-electron chi connectivity index (χ0n) is 11.2. The summed E-state index contributed by atoms with van der Waals surface area (Å²) in [6, 6.07) is 9.85. The maximum absolute atomic E-state index is 10.9. The molecule has 3 rings (SSSR count). The molecule has 0 unspecified atom stereocenters. The Kier molecular flexibility index (Phi) is 3.92. The molecule has 0 aromatic heterocycles. The number of nitro benzene ring substituents is 1. The maximum atomic E-state index is 10.9. The van der Waals surface area contributed by atoms with Gasteiger partial charge < -0.3 is 9.47 Å². The molecule has 0 bridgehead atoms. The molecule has 8 heteroatoms. The molecule has 22 heavy (non-hydrogen) atoms. The van der Waals surface area contributed by atoms with Crippen molar-refractivity contribution in [1.29, 1.82) is 0 Å². The Hall–Kier alpha value is -2.61. The van der Waals surface area contributed by atoms with Gasteiger partial charge in [0.15, 0.2) is 11.5 Å². The zero-order valence-corrected chi connectivity index (χ0v) is 12.7. The van der Waals surface area contributed by atoms with Gasteiger partial charge in [0.1, 0.15) is 5.69 Å². The fraction of sp³-hybridized carbons (Fsp3) is 0.0714. The van der Waals surface area contributed by atoms with Crippen molar-refractivity contribution >= 4 is 33.5 Å². The highest BCUT2D eigenvalue weighted by Crippen LogP contribution is 2.36. The van der Waals surface area contributed by atoms with Gasteiger partial charge in [-0.05, 0) is 34.1 Å². The van der Waals surface area contributed by atoms with Crippen LogP contribution in [0, 0.1) is 10.1 Å². The largest absolute Gasteiger partial charge is 0.454 e. The van der Waals surface area contributed by atoms with Crippen molar-refractivity contribution in [1.82, 2.24) is 0 Å². The Morgan fingerprint density at radius 1 is 1.27 bits per heavy atom. The molecule has 0 fully saturated rings. The number of nitro groups is 1. The number of nitrogens with zero attached hydrogens (tertiary/aromatic N) is 2. The van der Waals surface area contributed by atoms with E-state index in [1.807, 2.05) is 0 Å². The SMILES string of the molecule is O=[N+]([O-])c1ccccc1N/N=C\c1cc2c(cc1Br)OCO2. The van der Waals surface area contributed by atoms with Crippen LogP contribution in [0.5, 0.6) is 11.5 Å². The number of nitrogens with one attached hydrogen (secondary N) is 1. The van der Waals surface area contributed by atoms with Crippen LogP contribution in [0.1, 0.15) is 5.56 Å². The second kappa shape index (κ2) is 6.02. The van der Waals surface area contributed by atoms with E-state index in [2.05, 4.69) is 26.5 Å². The Balaban J connectivity index is 1.80. The molecule has 2 aromatic rings. The highest BCUT2D eigenvalue weighted by molar-refractivity contribution is 9.10. The van der Waals surface area contributed by atoms with Crippen LogP contribution in [0.2, 0.25) is 0 Å². The number of fused-ring (bicyclic) bond motifs is 1. The number of ether oxygens (including phenoxy) is 2. The van der Waals surface area contributed by atoms with E-state index in [9.17, 15) is 10.1 Å². The first-order valence-electron chi connectivity index (χ1n) is 6.27. The van der Waals surface area contributed by atoms with Gasteiger partial charge in [-0.25, -0.2) is 0 Å². The number of anilines is 1. The summed E-state index contributed by atoms with van der Waals surface area (Å²) in [7, 11) is 0. The van der Waals surface area contributed by atoms with Crippen molar-refractivity contribution in [2.45, 2.75) is 0 Å². The third-order valence-electron chi connectivity index (χ3n) is 2.98. The van der Waals surface area contributed by atoms with Gasteiger partial charge in [0, 0.05) is 16.1 Å². The number of hydrazone groups is 1. The first kappa shape index (κ1) is 14.3. The molecule has 0 atom stereocenters. The normalized spacial score (nSPS) is 12.6. The molecule has 0 saturated carbocycles. The molecule has 0 amide bonds. The second-order valence-electron chi connectivity index (χ2n) is 4.37. The van der Waals surface area contributed by atoms with Gasteiger partial charge >= 0.3 is 0 Å². The number of para-hydroxylation sites is 2. The Morgan fingerprint density at radius 3 is 2.77 bits per heavy atom. The number of rotatable bonds is 4. The second-order valence-corrected chi connectivity index (χ2v) is 5.23. The zero-order chi connectivity index (χ0) is 15.5. The van der Waals surface area contributed by atoms with Crippen molar-refractivity contribution in [2.75, 3.05) is 12.2 Å². The fourth-order valence-electron chi connectivity index (χ4n) is 1.93. The topological polar surface area (TPSA) is 86.0 Å². The summed E-state index contributed by atoms with van der Waals surface area (Å²) >= 11 is 3.41. The van der Waals surface area contributed by atoms with Crippen LogP contribution >= 0.6 is 15.9 Å². The fourth-order valence-corrected chi connectivity index (χ4v) is 2.36. The quantitative estimate of drug-likeness (QED) is 0.510. The molecule has 0 aliphatic carbocycles. The minimum atomic E-state index is -0.464. The minimum absolute atomic E-state index is 0.0376. The van der Waals surface area contributed by atoms with Crippen molar-refractivity contribution in [3.05, 3.63) is 56.5 Å². The standard InChI is InChI=1S/C14H10BrN3O4/c15-10-6-14-13(21-8-22-14)5-9(10)7-16-17-11-3-1-2-4-12(11)18(19)20/h1-7,17H,8H2/b16-7-. The lowest BCUT2D eigenvalue weighted by Gasteiger charge is -2.03. The van der Waals surface area contributed by atoms with Crippen LogP contribution in [0.25, 0.3) is 0 Å². The summed E-state index contributed by atoms with van der Waals surface area (Å²) in [4.78, 5) is 10.4. The van der Waals surface area contributed by atoms with E-state index in [1.165, 1.54) is 6.07 Å². The molecule has 1 aliphatic heterocycles. The third-order valence-corrected chi connectivity index (χ3v) is 3.67. The lowest BCUT2D eigenvalue weighted by Crippen LogP contribution is -1.96. The van der Waals surface area contributed by atoms with Crippen LogP contribution in [0.15, 0.2) is 46.0 Å². The van der Waals surface area contributed by atoms with E-state index in [0.29, 0.717) is 17.2 Å². The Labute approximate surface area is 133 Å². The lowest BCUT2D eigenvalue weighted by molar-refractivity contribution is -0.384. The van der Waals surface area contributed by atoms with Crippen molar-refractivity contribution in [3.8, 4) is 11.5 Å². The summed E-state index contributed by atoms with van der Waals surface area (Å²) in [5.41, 5.74) is 3.71. The van der Waals surface area contributed by atoms with E-state index in [0.717, 1.165) is 10.0 Å². The molecule has 1 aliphatic rings. The van der Waals surface area contributed by atoms with E-state index in [4.69, 9.17) is 9.47 Å². The van der Waals surface area contributed by atoms with Gasteiger partial charge in [0.25, 0.3) is 5.69 Å². The lowest BCUT2D eigenvalue weighted by atomic mass is 10.2. The highest BCUT2D eigenvalue weighted by Gasteiger charge is 2.15. The molecule has 1 heterocycles. The summed E-state index contributed by atoms with van der Waals surface area (Å²) in [5, 5.41) is 14.9. The van der Waals surface area contributed by atoms with Crippen molar-refractivity contribution in [2.24, 2.45) is 5.10 Å². The first-order chi connectivity index (χ1) is 10.6. The molecule has 0 spiro atoms. The van der Waals surface area contributed by atoms with Crippen LogP contribution in [0.4, 0.5) is 11.4 Å². The molecule has 0 radical (unpaired) electrons. The average molecular weight is 364 g/mol. The van der Waals surface area contributed by atoms with Crippen LogP contribution in [-0.4, -0.2) is 17.9 Å². The van der Waals surface area contributed by atoms with Crippen LogP contribution in [0.3, 0.4) is 0 Å². The number of halogens is 1. The summed E-state index contributed by atoms with van der Waals surface area (Å²) in [6.07, 6.45) is 1.54. The van der Waals surface area contributed by atoms with E-state index in [1.54, 1.807) is 36.5 Å². The summed E-state index contributed by atoms with van der Waals surface area (Å²) < 4.78 is 11.3. The monoisotopic (exact) mass is 363 g/mol. The van der Waals surface area contributed by atoms with Gasteiger partial charge in [-0.3, -0.25) is 15.5 Å². The molecule has 2 aromatic carbocycles. The van der Waals surface area contributed by atoms with Gasteiger partial charge in [0.2, 0.25) is 6.79 Å². The number of benzene rings is 2. The maximum Gasteiger partial charge on any atom is 0.294 e. The van der Waals surface area contributed by atoms with Gasteiger partial charge in [-0.2, -0.15) is 5.10 Å². The van der Waals surface area contributed by atoms with Crippen molar-refractivity contribution < 1.29 is 14.4 Å². The van der Waals surface area contributed by atoms with E-state index < -0.39 is 4.92 Å². The molecule has 7 nitrogen and oxygen atoms in total. The summed E-state index contributed by atoms with van der Waals surface area (Å²) in [5.74, 6) is 1.30. The Bertz CT molecular complexity index is 764. The van der Waals surface area contributed by atoms with Gasteiger partial charge in [-0.15, -0.1) is 0 Å². The minimum Gasteiger partial charge on any atom is -0.454 e. The molecule has 1 N–H and O–H groups in total. The highest BCUT2D eigenvalue weighted by atomic mass is 79.9. The summed E-state index contributed by atoms with van der Waals surface area (Å²) in [6.45, 7) is 0.191. The van der Waals surface area contributed by atoms with Gasteiger partial charge in [-0.1, -0.05) is 12.1 Å². The van der Waals surface area contributed by atoms with E-state index >= 15 is 0 Å². The Morgan fingerprint density at radius 2 is 2.00 bits per heavy atom. The number of hydrogen-bond acceptors (Lipinski definition) is 6. The molecule has 0 saturated heterocycles. The smallest absolute Gasteiger partial charge is 0.294 e. The van der Waals surface area contributed by atoms with Gasteiger partial charge in [0.05, 0.1) is 11.1 Å². The average Bonchev–Trinajstić information content (AvgIpc) is 2.94. The van der Waals surface area contributed by atoms with E-state index in [-0.39, 0.29) is 12.5 Å². The predicted molar refractivity (Wildman–Crippen MR) is 84.6 cm³/mol. The number of hydrogen-bond donors (Lipinski definition) is 1. The predicted octanol–water partition coefficient (Wildman–Crippen LogP) is 3.53.